The van der Waals surface area contributed by atoms with Crippen molar-refractivity contribution in [2.45, 2.75) is 19.0 Å². The minimum Gasteiger partial charge on any atom is -0.343 e. The number of piperazine rings is 2. The van der Waals surface area contributed by atoms with E-state index in [1.165, 1.54) is 0 Å². The molecule has 2 atom stereocenters. The van der Waals surface area contributed by atoms with Gasteiger partial charge in [-0.3, -0.25) is 14.4 Å². The average Bonchev–Trinajstić information content (AvgIpc) is 2.65. The Bertz CT molecular complexity index is 874. The second kappa shape index (κ2) is 5.88. The van der Waals surface area contributed by atoms with Gasteiger partial charge in [-0.05, 0) is 23.8 Å². The van der Waals surface area contributed by atoms with Crippen LogP contribution in [0, 0.1) is 0 Å². The molecule has 2 aromatic rings. The van der Waals surface area contributed by atoms with Crippen molar-refractivity contribution >= 4 is 28.5 Å². The Morgan fingerprint density at radius 1 is 1.08 bits per heavy atom. The van der Waals surface area contributed by atoms with Crippen LogP contribution in [0.1, 0.15) is 17.3 Å². The van der Waals surface area contributed by atoms with Gasteiger partial charge in [-0.15, -0.1) is 0 Å². The summed E-state index contributed by atoms with van der Waals surface area (Å²) in [6, 6.07) is 12.3. The summed E-state index contributed by atoms with van der Waals surface area (Å²) in [6.07, 6.45) is 0. The van der Waals surface area contributed by atoms with E-state index in [2.05, 4.69) is 5.32 Å². The molecule has 3 amide bonds. The van der Waals surface area contributed by atoms with Crippen molar-refractivity contribution in [2.75, 3.05) is 19.6 Å². The number of hydrogen-bond acceptors (Lipinski definition) is 3. The molecule has 0 saturated carbocycles. The van der Waals surface area contributed by atoms with Crippen LogP contribution in [0.4, 0.5) is 0 Å². The fraction of sp³-hybridized carbons (Fsp3) is 0.316. The number of amides is 3. The summed E-state index contributed by atoms with van der Waals surface area (Å²) in [5.41, 5.74) is 0.627. The molecule has 2 fully saturated rings. The molecule has 25 heavy (non-hydrogen) atoms. The molecular formula is C19H19N3O3. The minimum atomic E-state index is -0.601. The molecular weight excluding hydrogens is 318 g/mol. The van der Waals surface area contributed by atoms with Gasteiger partial charge in [0, 0.05) is 18.7 Å². The maximum atomic E-state index is 13.0. The maximum Gasteiger partial charge on any atom is 0.254 e. The van der Waals surface area contributed by atoms with Crippen molar-refractivity contribution in [3.63, 3.8) is 0 Å². The van der Waals surface area contributed by atoms with Crippen LogP contribution in [0.5, 0.6) is 0 Å². The Morgan fingerprint density at radius 3 is 2.68 bits per heavy atom. The second-order valence-corrected chi connectivity index (χ2v) is 6.56. The predicted octanol–water partition coefficient (Wildman–Crippen LogP) is 1.01. The van der Waals surface area contributed by atoms with Gasteiger partial charge in [0.2, 0.25) is 11.8 Å². The first-order chi connectivity index (χ1) is 12.1. The third-order valence-electron chi connectivity index (χ3n) is 5.00. The van der Waals surface area contributed by atoms with Crippen LogP contribution in [0.25, 0.3) is 10.8 Å². The summed E-state index contributed by atoms with van der Waals surface area (Å²) in [5, 5.41) is 4.59. The molecule has 6 nitrogen and oxygen atoms in total. The third kappa shape index (κ3) is 2.54. The normalized spacial score (nSPS) is 23.4. The van der Waals surface area contributed by atoms with E-state index in [1.807, 2.05) is 42.5 Å². The van der Waals surface area contributed by atoms with Crippen LogP contribution >= 0.6 is 0 Å². The lowest BCUT2D eigenvalue weighted by Crippen LogP contribution is -2.69. The molecule has 0 aromatic heterocycles. The molecule has 0 bridgehead atoms. The van der Waals surface area contributed by atoms with Crippen LogP contribution in [-0.4, -0.2) is 59.2 Å². The van der Waals surface area contributed by atoms with Crippen LogP contribution in [-0.2, 0) is 9.59 Å². The van der Waals surface area contributed by atoms with E-state index in [4.69, 9.17) is 0 Å². The van der Waals surface area contributed by atoms with Crippen molar-refractivity contribution in [1.29, 1.82) is 0 Å². The quantitative estimate of drug-likeness (QED) is 0.844. The Hall–Kier alpha value is -2.89. The highest BCUT2D eigenvalue weighted by atomic mass is 16.2. The first kappa shape index (κ1) is 15.6. The fourth-order valence-corrected chi connectivity index (χ4v) is 3.66. The largest absolute Gasteiger partial charge is 0.343 e. The molecule has 128 valence electrons. The third-order valence-corrected chi connectivity index (χ3v) is 5.00. The smallest absolute Gasteiger partial charge is 0.254 e. The molecule has 2 saturated heterocycles. The Labute approximate surface area is 145 Å². The fourth-order valence-electron chi connectivity index (χ4n) is 3.66. The monoisotopic (exact) mass is 337 g/mol. The lowest BCUT2D eigenvalue weighted by Gasteiger charge is -2.44. The number of rotatable bonds is 1. The highest BCUT2D eigenvalue weighted by Gasteiger charge is 2.42. The van der Waals surface area contributed by atoms with E-state index in [0.29, 0.717) is 18.7 Å². The number of nitrogens with one attached hydrogen (secondary N) is 1. The summed E-state index contributed by atoms with van der Waals surface area (Å²) in [7, 11) is 0. The van der Waals surface area contributed by atoms with Crippen molar-refractivity contribution < 1.29 is 14.4 Å². The zero-order valence-electron chi connectivity index (χ0n) is 13.9. The molecule has 4 rings (SSSR count). The molecule has 1 N–H and O–H groups in total. The average molecular weight is 337 g/mol. The zero-order chi connectivity index (χ0) is 17.6. The van der Waals surface area contributed by atoms with Gasteiger partial charge in [0.1, 0.15) is 12.1 Å². The number of fused-ring (bicyclic) bond motifs is 2. The number of carbonyl (C=O) groups is 3. The summed E-state index contributed by atoms with van der Waals surface area (Å²) >= 11 is 0. The highest BCUT2D eigenvalue weighted by Crippen LogP contribution is 2.22. The van der Waals surface area contributed by atoms with E-state index >= 15 is 0 Å². The molecule has 0 spiro atoms. The van der Waals surface area contributed by atoms with Gasteiger partial charge < -0.3 is 15.1 Å². The molecule has 2 aliphatic rings. The summed E-state index contributed by atoms with van der Waals surface area (Å²) in [4.78, 5) is 40.8. The lowest BCUT2D eigenvalue weighted by molar-refractivity contribution is -0.151. The van der Waals surface area contributed by atoms with Gasteiger partial charge in [0.25, 0.3) is 5.91 Å². The van der Waals surface area contributed by atoms with Crippen LogP contribution < -0.4 is 5.32 Å². The zero-order valence-corrected chi connectivity index (χ0v) is 13.9. The van der Waals surface area contributed by atoms with E-state index in [9.17, 15) is 14.4 Å². The van der Waals surface area contributed by atoms with Crippen molar-refractivity contribution in [2.24, 2.45) is 0 Å². The van der Waals surface area contributed by atoms with Gasteiger partial charge >= 0.3 is 0 Å². The molecule has 0 aliphatic carbocycles. The SMILES string of the molecule is C[C@@H]1NC(=O)[C@H]2CN(C(=O)c3cccc4ccccc34)CCN2C1=O. The van der Waals surface area contributed by atoms with Crippen molar-refractivity contribution in [3.8, 4) is 0 Å². The van der Waals surface area contributed by atoms with Crippen molar-refractivity contribution in [3.05, 3.63) is 48.0 Å². The van der Waals surface area contributed by atoms with Crippen LogP contribution in [0.3, 0.4) is 0 Å². The van der Waals surface area contributed by atoms with Crippen LogP contribution in [0.2, 0.25) is 0 Å². The van der Waals surface area contributed by atoms with Gasteiger partial charge in [-0.2, -0.15) is 0 Å². The van der Waals surface area contributed by atoms with E-state index in [-0.39, 0.29) is 24.3 Å². The number of carbonyl (C=O) groups excluding carboxylic acids is 3. The molecule has 2 aromatic carbocycles. The maximum absolute atomic E-state index is 13.0. The number of nitrogens with zero attached hydrogens (tertiary/aromatic N) is 2. The Morgan fingerprint density at radius 2 is 1.84 bits per heavy atom. The topological polar surface area (TPSA) is 69.7 Å². The first-order valence-corrected chi connectivity index (χ1v) is 8.44. The molecule has 2 aliphatic heterocycles. The molecule has 0 radical (unpaired) electrons. The Balaban J connectivity index is 1.62. The molecule has 2 heterocycles. The van der Waals surface area contributed by atoms with Crippen LogP contribution in [0.15, 0.2) is 42.5 Å². The summed E-state index contributed by atoms with van der Waals surface area (Å²) in [6.45, 7) is 2.73. The standard InChI is InChI=1S/C19H19N3O3/c1-12-18(24)22-10-9-21(11-16(22)17(23)20-12)19(25)15-8-4-6-13-5-2-3-7-14(13)15/h2-8,12,16H,9-11H2,1H3,(H,20,23)/t12-,16+/m0/s1. The summed E-state index contributed by atoms with van der Waals surface area (Å²) < 4.78 is 0. The molecule has 6 heteroatoms. The van der Waals surface area contributed by atoms with Crippen molar-refractivity contribution in [1.82, 2.24) is 15.1 Å². The van der Waals surface area contributed by atoms with Gasteiger partial charge in [0.15, 0.2) is 0 Å². The number of benzene rings is 2. The van der Waals surface area contributed by atoms with Gasteiger partial charge in [0.05, 0.1) is 6.54 Å². The lowest BCUT2D eigenvalue weighted by atomic mass is 10.0. The predicted molar refractivity (Wildman–Crippen MR) is 93.0 cm³/mol. The Kier molecular flexibility index (Phi) is 3.67. The van der Waals surface area contributed by atoms with E-state index in [0.717, 1.165) is 10.8 Å². The van der Waals surface area contributed by atoms with E-state index < -0.39 is 12.1 Å². The summed E-state index contributed by atoms with van der Waals surface area (Å²) in [5.74, 6) is -0.375. The minimum absolute atomic E-state index is 0.0816. The first-order valence-electron chi connectivity index (χ1n) is 8.44. The second-order valence-electron chi connectivity index (χ2n) is 6.56. The van der Waals surface area contributed by atoms with E-state index in [1.54, 1.807) is 16.7 Å². The number of hydrogen-bond donors (Lipinski definition) is 1. The van der Waals surface area contributed by atoms with Gasteiger partial charge in [-0.25, -0.2) is 0 Å². The van der Waals surface area contributed by atoms with Gasteiger partial charge in [-0.1, -0.05) is 36.4 Å². The highest BCUT2D eigenvalue weighted by molar-refractivity contribution is 6.07. The molecule has 0 unspecified atom stereocenters.